The highest BCUT2D eigenvalue weighted by molar-refractivity contribution is 5.87. The quantitative estimate of drug-likeness (QED) is 0.309. The number of hydrogen-bond donors (Lipinski definition) is 2. The predicted molar refractivity (Wildman–Crippen MR) is 185 cm³/mol. The molecule has 1 aromatic rings. The number of aryl methyl sites for hydroxylation is 1. The zero-order valence-corrected chi connectivity index (χ0v) is 28.8. The van der Waals surface area contributed by atoms with E-state index in [4.69, 9.17) is 4.74 Å². The van der Waals surface area contributed by atoms with Crippen LogP contribution in [0.1, 0.15) is 101 Å². The van der Waals surface area contributed by atoms with Gasteiger partial charge in [-0.2, -0.15) is 5.26 Å². The standard InChI is InChI=1S/C39H58N6O2/c1-3-36(46)45-25-24-44(27-31(45)19-22-40)39(30-14-6-4-5-7-15-30)34-18-21-38(20-10-13-29-12-8-9-17-33(29)38)26-35(34)41-37(42-39)47-28-32-16-11-23-43(32)2/h3,8-9,12,17,30-32,34-35,37,41-42H,1,4-7,10-11,13-16,18-21,23-28H2,2H3/t31-,32-,34?,35?,37?,38+,39?/m0/s1. The lowest BCUT2D eigenvalue weighted by Crippen LogP contribution is -2.81. The van der Waals surface area contributed by atoms with Gasteiger partial charge >= 0.3 is 0 Å². The first-order valence-corrected chi connectivity index (χ1v) is 19.0. The van der Waals surface area contributed by atoms with Crippen molar-refractivity contribution in [2.24, 2.45) is 11.8 Å². The van der Waals surface area contributed by atoms with Crippen LogP contribution in [0.3, 0.4) is 0 Å². The van der Waals surface area contributed by atoms with E-state index in [1.165, 1.54) is 89.5 Å². The van der Waals surface area contributed by atoms with Crippen LogP contribution in [-0.4, -0.2) is 90.6 Å². The van der Waals surface area contributed by atoms with Crippen LogP contribution in [0.15, 0.2) is 36.9 Å². The second kappa shape index (κ2) is 14.3. The summed E-state index contributed by atoms with van der Waals surface area (Å²) < 4.78 is 6.93. The molecule has 5 fully saturated rings. The first-order chi connectivity index (χ1) is 23.0. The van der Waals surface area contributed by atoms with Gasteiger partial charge in [-0.15, -0.1) is 0 Å². The molecule has 0 bridgehead atoms. The number of piperazine rings is 1. The van der Waals surface area contributed by atoms with Crippen molar-refractivity contribution in [2.75, 3.05) is 39.8 Å². The van der Waals surface area contributed by atoms with E-state index in [1.54, 1.807) is 11.1 Å². The summed E-state index contributed by atoms with van der Waals surface area (Å²) in [4.78, 5) is 20.1. The highest BCUT2D eigenvalue weighted by Gasteiger charge is 2.60. The van der Waals surface area contributed by atoms with Crippen LogP contribution in [0.4, 0.5) is 0 Å². The minimum Gasteiger partial charge on any atom is -0.348 e. The van der Waals surface area contributed by atoms with Crippen molar-refractivity contribution in [1.82, 2.24) is 25.3 Å². The fourth-order valence-electron chi connectivity index (χ4n) is 11.1. The molecule has 7 atom stereocenters. The Hall–Kier alpha value is -2.28. The first-order valence-electron chi connectivity index (χ1n) is 19.0. The molecule has 4 unspecified atom stereocenters. The van der Waals surface area contributed by atoms with Gasteiger partial charge in [0.2, 0.25) is 5.91 Å². The van der Waals surface area contributed by atoms with Crippen molar-refractivity contribution in [3.05, 3.63) is 48.0 Å². The minimum atomic E-state index is -0.251. The van der Waals surface area contributed by atoms with Crippen LogP contribution in [-0.2, 0) is 21.4 Å². The molecule has 0 aromatic heterocycles. The zero-order chi connectivity index (χ0) is 32.4. The van der Waals surface area contributed by atoms with Gasteiger partial charge in [-0.25, -0.2) is 0 Å². The van der Waals surface area contributed by atoms with Gasteiger partial charge in [0.1, 0.15) is 0 Å². The van der Waals surface area contributed by atoms with Crippen LogP contribution in [0, 0.1) is 23.2 Å². The zero-order valence-electron chi connectivity index (χ0n) is 28.8. The molecule has 0 radical (unpaired) electrons. The van der Waals surface area contributed by atoms with E-state index in [0.717, 1.165) is 26.1 Å². The second-order valence-corrected chi connectivity index (χ2v) is 15.8. The van der Waals surface area contributed by atoms with Crippen molar-refractivity contribution in [3.63, 3.8) is 0 Å². The van der Waals surface area contributed by atoms with Crippen molar-refractivity contribution >= 4 is 5.91 Å². The average molecular weight is 643 g/mol. The highest BCUT2D eigenvalue weighted by Crippen LogP contribution is 2.54. The fourth-order valence-corrected chi connectivity index (χ4v) is 11.1. The molecular formula is C39H58N6O2. The molecule has 3 aliphatic carbocycles. The van der Waals surface area contributed by atoms with E-state index in [9.17, 15) is 10.1 Å². The van der Waals surface area contributed by atoms with Gasteiger partial charge in [-0.1, -0.05) is 56.5 Å². The Labute approximate surface area is 283 Å². The summed E-state index contributed by atoms with van der Waals surface area (Å²) in [6.07, 6.45) is 18.8. The third kappa shape index (κ3) is 6.32. The lowest BCUT2D eigenvalue weighted by molar-refractivity contribution is -0.183. The van der Waals surface area contributed by atoms with Crippen molar-refractivity contribution in [3.8, 4) is 6.07 Å². The number of benzene rings is 1. The van der Waals surface area contributed by atoms with Crippen LogP contribution in [0.2, 0.25) is 0 Å². The molecule has 6 aliphatic rings. The molecule has 7 rings (SSSR count). The topological polar surface area (TPSA) is 83.9 Å². The first kappa shape index (κ1) is 33.2. The molecule has 1 amide bonds. The number of rotatable bonds is 7. The summed E-state index contributed by atoms with van der Waals surface area (Å²) in [5, 5.41) is 18.3. The van der Waals surface area contributed by atoms with Crippen LogP contribution in [0.5, 0.6) is 0 Å². The third-order valence-electron chi connectivity index (χ3n) is 13.4. The van der Waals surface area contributed by atoms with Crippen LogP contribution < -0.4 is 10.6 Å². The Morgan fingerprint density at radius 1 is 1.04 bits per heavy atom. The van der Waals surface area contributed by atoms with Gasteiger partial charge in [0.25, 0.3) is 0 Å². The lowest BCUT2D eigenvalue weighted by atomic mass is 9.55. The van der Waals surface area contributed by atoms with E-state index in [0.29, 0.717) is 43.4 Å². The molecule has 3 saturated heterocycles. The Bertz CT molecular complexity index is 1310. The summed E-state index contributed by atoms with van der Waals surface area (Å²) in [6, 6.07) is 12.4. The van der Waals surface area contributed by atoms with Crippen LogP contribution in [0.25, 0.3) is 0 Å². The molecule has 47 heavy (non-hydrogen) atoms. The van der Waals surface area contributed by atoms with Crippen molar-refractivity contribution in [1.29, 1.82) is 5.26 Å². The Morgan fingerprint density at radius 3 is 2.64 bits per heavy atom. The van der Waals surface area contributed by atoms with E-state index in [2.05, 4.69) is 64.4 Å². The minimum absolute atomic E-state index is 0.0537. The maximum absolute atomic E-state index is 13.0. The number of nitrogens with zero attached hydrogens (tertiary/aromatic N) is 4. The molecule has 1 spiro atoms. The average Bonchev–Trinajstić information content (AvgIpc) is 3.31. The molecule has 3 heterocycles. The lowest BCUT2D eigenvalue weighted by Gasteiger charge is -2.64. The highest BCUT2D eigenvalue weighted by atomic mass is 16.5. The summed E-state index contributed by atoms with van der Waals surface area (Å²) in [5.41, 5.74) is 3.12. The Morgan fingerprint density at radius 2 is 1.87 bits per heavy atom. The maximum Gasteiger partial charge on any atom is 0.246 e. The van der Waals surface area contributed by atoms with E-state index in [-0.39, 0.29) is 29.4 Å². The number of carbonyl (C=O) groups is 1. The second-order valence-electron chi connectivity index (χ2n) is 15.8. The molecule has 1 aromatic carbocycles. The van der Waals surface area contributed by atoms with Gasteiger partial charge in [0, 0.05) is 37.6 Å². The summed E-state index contributed by atoms with van der Waals surface area (Å²) in [6.45, 7) is 7.81. The third-order valence-corrected chi connectivity index (χ3v) is 13.4. The number of fused-ring (bicyclic) bond motifs is 3. The molecule has 8 heteroatoms. The molecule has 8 nitrogen and oxygen atoms in total. The van der Waals surface area contributed by atoms with Crippen molar-refractivity contribution in [2.45, 2.75) is 132 Å². The van der Waals surface area contributed by atoms with Crippen molar-refractivity contribution < 1.29 is 9.53 Å². The Balaban J connectivity index is 1.26. The molecule has 256 valence electrons. The van der Waals surface area contributed by atoms with Crippen LogP contribution >= 0.6 is 0 Å². The van der Waals surface area contributed by atoms with E-state index in [1.807, 2.05) is 4.90 Å². The number of ether oxygens (including phenoxy) is 1. The van der Waals surface area contributed by atoms with Gasteiger partial charge < -0.3 is 14.5 Å². The number of nitrogens with one attached hydrogen (secondary N) is 2. The number of amides is 1. The van der Waals surface area contributed by atoms with Gasteiger partial charge in [-0.05, 0) is 106 Å². The number of hydrogen-bond acceptors (Lipinski definition) is 7. The summed E-state index contributed by atoms with van der Waals surface area (Å²) >= 11 is 0. The molecule has 3 aliphatic heterocycles. The summed E-state index contributed by atoms with van der Waals surface area (Å²) in [5.74, 6) is 0.864. The SMILES string of the molecule is C=CC(=O)N1CCN(C2(C3CCCCCC3)NC(OC[C@@H]3CCCN3C)NC3C[C@@]4(CCCc5ccccc54)CCC32)C[C@@H]1CC#N. The largest absolute Gasteiger partial charge is 0.348 e. The molecular weight excluding hydrogens is 584 g/mol. The number of nitriles is 1. The maximum atomic E-state index is 13.0. The Kier molecular flexibility index (Phi) is 10.1. The van der Waals surface area contributed by atoms with E-state index < -0.39 is 0 Å². The number of likely N-dealkylation sites (tertiary alicyclic amines) is 1. The number of carbonyl (C=O) groups excluding carboxylic acids is 1. The van der Waals surface area contributed by atoms with Gasteiger partial charge in [0.15, 0.2) is 6.35 Å². The smallest absolute Gasteiger partial charge is 0.246 e. The van der Waals surface area contributed by atoms with Gasteiger partial charge in [-0.3, -0.25) is 20.3 Å². The predicted octanol–water partition coefficient (Wildman–Crippen LogP) is 5.30. The van der Waals surface area contributed by atoms with Gasteiger partial charge in [0.05, 0.1) is 30.8 Å². The number of likely N-dealkylation sites (N-methyl/N-ethyl adjacent to an activating group) is 1. The fraction of sp³-hybridized carbons (Fsp3) is 0.744. The summed E-state index contributed by atoms with van der Waals surface area (Å²) in [7, 11) is 2.24. The monoisotopic (exact) mass is 642 g/mol. The molecule has 2 saturated carbocycles. The normalized spacial score (nSPS) is 37.1. The van der Waals surface area contributed by atoms with E-state index >= 15 is 0 Å². The molecule has 2 N–H and O–H groups in total.